The van der Waals surface area contributed by atoms with Gasteiger partial charge in [0.2, 0.25) is 5.91 Å². The first-order chi connectivity index (χ1) is 16.1. The Hall–Kier alpha value is -3.66. The zero-order chi connectivity index (χ0) is 25.0. The summed E-state index contributed by atoms with van der Waals surface area (Å²) in [7, 11) is 0. The van der Waals surface area contributed by atoms with Crippen LogP contribution in [-0.4, -0.2) is 59.8 Å². The topological polar surface area (TPSA) is 125 Å². The third-order valence-electron chi connectivity index (χ3n) is 5.40. The molecule has 1 heterocycles. The number of rotatable bonds is 6. The zero-order valence-electron chi connectivity index (χ0n) is 19.1. The number of nitro benzene ring substituents is 1. The van der Waals surface area contributed by atoms with E-state index in [-0.39, 0.29) is 39.8 Å². The quantitative estimate of drug-likeness (QED) is 0.475. The van der Waals surface area contributed by atoms with Gasteiger partial charge in [-0.05, 0) is 44.2 Å². The van der Waals surface area contributed by atoms with Gasteiger partial charge in [0.15, 0.2) is 0 Å². The van der Waals surface area contributed by atoms with Crippen molar-refractivity contribution in [1.29, 1.82) is 0 Å². The van der Waals surface area contributed by atoms with Gasteiger partial charge < -0.3 is 20.4 Å². The van der Waals surface area contributed by atoms with E-state index in [1.807, 2.05) is 18.7 Å². The van der Waals surface area contributed by atoms with E-state index < -0.39 is 10.8 Å². The first-order valence-corrected chi connectivity index (χ1v) is 11.1. The smallest absolute Gasteiger partial charge is 0.293 e. The van der Waals surface area contributed by atoms with Gasteiger partial charge in [-0.3, -0.25) is 24.5 Å². The highest BCUT2D eigenvalue weighted by molar-refractivity contribution is 6.34. The Morgan fingerprint density at radius 2 is 1.62 bits per heavy atom. The Balaban J connectivity index is 1.81. The van der Waals surface area contributed by atoms with Crippen molar-refractivity contribution in [2.45, 2.75) is 26.8 Å². The molecule has 2 aromatic rings. The fraction of sp³-hybridized carbons (Fsp3) is 0.348. The molecule has 34 heavy (non-hydrogen) atoms. The van der Waals surface area contributed by atoms with Gasteiger partial charge in [0.1, 0.15) is 5.69 Å². The minimum absolute atomic E-state index is 0.0365. The Morgan fingerprint density at radius 1 is 1.00 bits per heavy atom. The molecule has 0 saturated carbocycles. The largest absolute Gasteiger partial charge is 0.362 e. The highest BCUT2D eigenvalue weighted by Gasteiger charge is 2.26. The number of carbonyl (C=O) groups excluding carboxylic acids is 3. The standard InChI is InChI=1S/C23H26ClN5O5/c1-14(2)25-22(31)16-4-6-18(24)19(12-16)26-23(32)17-5-7-20(21(13-17)29(33)34)28-10-8-27(9-11-28)15(3)30/h4-7,12-14H,8-11H2,1-3H3,(H,25,31)(H,26,32). The van der Waals surface area contributed by atoms with Crippen LogP contribution in [0.2, 0.25) is 5.02 Å². The molecule has 10 nitrogen and oxygen atoms in total. The molecule has 0 bridgehead atoms. The van der Waals surface area contributed by atoms with Crippen molar-refractivity contribution in [2.24, 2.45) is 0 Å². The number of benzene rings is 2. The van der Waals surface area contributed by atoms with E-state index in [0.717, 1.165) is 0 Å². The van der Waals surface area contributed by atoms with E-state index in [4.69, 9.17) is 11.6 Å². The van der Waals surface area contributed by atoms with E-state index in [9.17, 15) is 24.5 Å². The van der Waals surface area contributed by atoms with Crippen molar-refractivity contribution in [1.82, 2.24) is 10.2 Å². The molecule has 1 aliphatic rings. The summed E-state index contributed by atoms with van der Waals surface area (Å²) in [4.78, 5) is 51.4. The van der Waals surface area contributed by atoms with Crippen LogP contribution in [0.15, 0.2) is 36.4 Å². The van der Waals surface area contributed by atoms with E-state index in [2.05, 4.69) is 10.6 Å². The molecular weight excluding hydrogens is 462 g/mol. The van der Waals surface area contributed by atoms with Gasteiger partial charge in [-0.15, -0.1) is 0 Å². The average molecular weight is 488 g/mol. The van der Waals surface area contributed by atoms with Gasteiger partial charge in [0.25, 0.3) is 17.5 Å². The molecule has 1 saturated heterocycles. The van der Waals surface area contributed by atoms with Gasteiger partial charge in [0.05, 0.1) is 15.6 Å². The minimum atomic E-state index is -0.598. The van der Waals surface area contributed by atoms with Crippen molar-refractivity contribution < 1.29 is 19.3 Å². The normalized spacial score (nSPS) is 13.6. The van der Waals surface area contributed by atoms with E-state index in [0.29, 0.717) is 37.4 Å². The van der Waals surface area contributed by atoms with Crippen LogP contribution in [0.4, 0.5) is 17.1 Å². The highest BCUT2D eigenvalue weighted by atomic mass is 35.5. The van der Waals surface area contributed by atoms with Gasteiger partial charge in [0, 0.05) is 56.3 Å². The van der Waals surface area contributed by atoms with Gasteiger partial charge in [-0.25, -0.2) is 0 Å². The summed E-state index contributed by atoms with van der Waals surface area (Å²) in [5, 5.41) is 17.4. The molecule has 0 spiro atoms. The summed E-state index contributed by atoms with van der Waals surface area (Å²) >= 11 is 6.19. The Morgan fingerprint density at radius 3 is 2.21 bits per heavy atom. The maximum absolute atomic E-state index is 12.9. The molecule has 2 aromatic carbocycles. The molecular formula is C23H26ClN5O5. The second kappa shape index (κ2) is 10.5. The van der Waals surface area contributed by atoms with E-state index in [1.54, 1.807) is 11.0 Å². The maximum Gasteiger partial charge on any atom is 0.293 e. The van der Waals surface area contributed by atoms with E-state index >= 15 is 0 Å². The van der Waals surface area contributed by atoms with E-state index in [1.165, 1.54) is 37.3 Å². The molecule has 0 radical (unpaired) electrons. The molecule has 1 fully saturated rings. The number of hydrogen-bond donors (Lipinski definition) is 2. The second-order valence-corrected chi connectivity index (χ2v) is 8.64. The van der Waals surface area contributed by atoms with Crippen molar-refractivity contribution in [2.75, 3.05) is 36.4 Å². The fourth-order valence-electron chi connectivity index (χ4n) is 3.64. The lowest BCUT2D eigenvalue weighted by molar-refractivity contribution is -0.384. The van der Waals surface area contributed by atoms with Crippen LogP contribution in [0.3, 0.4) is 0 Å². The predicted molar refractivity (Wildman–Crippen MR) is 130 cm³/mol. The maximum atomic E-state index is 12.9. The summed E-state index contributed by atoms with van der Waals surface area (Å²) in [5.74, 6) is -0.947. The molecule has 0 atom stereocenters. The number of anilines is 2. The van der Waals surface area contributed by atoms with Crippen molar-refractivity contribution >= 4 is 46.4 Å². The second-order valence-electron chi connectivity index (χ2n) is 8.23. The molecule has 2 N–H and O–H groups in total. The number of hydrogen-bond acceptors (Lipinski definition) is 6. The monoisotopic (exact) mass is 487 g/mol. The molecule has 0 unspecified atom stereocenters. The van der Waals surface area contributed by atoms with Crippen LogP contribution in [-0.2, 0) is 4.79 Å². The number of piperazine rings is 1. The van der Waals surface area contributed by atoms with Crippen LogP contribution < -0.4 is 15.5 Å². The van der Waals surface area contributed by atoms with Crippen LogP contribution in [0.5, 0.6) is 0 Å². The zero-order valence-corrected chi connectivity index (χ0v) is 19.9. The lowest BCUT2D eigenvalue weighted by Gasteiger charge is -2.35. The summed E-state index contributed by atoms with van der Waals surface area (Å²) < 4.78 is 0. The third kappa shape index (κ3) is 5.82. The predicted octanol–water partition coefficient (Wildman–Crippen LogP) is 3.31. The molecule has 3 amide bonds. The summed E-state index contributed by atoms with van der Waals surface area (Å²) in [6.07, 6.45) is 0. The van der Waals surface area contributed by atoms with Gasteiger partial charge >= 0.3 is 0 Å². The third-order valence-corrected chi connectivity index (χ3v) is 5.73. The Kier molecular flexibility index (Phi) is 7.72. The lowest BCUT2D eigenvalue weighted by Crippen LogP contribution is -2.48. The van der Waals surface area contributed by atoms with Crippen molar-refractivity contribution in [3.63, 3.8) is 0 Å². The number of nitrogens with zero attached hydrogens (tertiary/aromatic N) is 3. The molecule has 1 aliphatic heterocycles. The minimum Gasteiger partial charge on any atom is -0.362 e. The first kappa shape index (κ1) is 25.0. The number of nitro groups is 1. The number of amides is 3. The molecule has 180 valence electrons. The van der Waals surface area contributed by atoms with Crippen molar-refractivity contribution in [3.05, 3.63) is 62.7 Å². The number of halogens is 1. The van der Waals surface area contributed by atoms with Crippen LogP contribution in [0.1, 0.15) is 41.5 Å². The summed E-state index contributed by atoms with van der Waals surface area (Å²) in [5.41, 5.74) is 0.788. The van der Waals surface area contributed by atoms with Crippen LogP contribution >= 0.6 is 11.6 Å². The Labute approximate surface area is 202 Å². The molecule has 0 aromatic heterocycles. The molecule has 0 aliphatic carbocycles. The molecule has 11 heteroatoms. The highest BCUT2D eigenvalue weighted by Crippen LogP contribution is 2.31. The van der Waals surface area contributed by atoms with Crippen LogP contribution in [0.25, 0.3) is 0 Å². The van der Waals surface area contributed by atoms with Crippen LogP contribution in [0, 0.1) is 10.1 Å². The lowest BCUT2D eigenvalue weighted by atomic mass is 10.1. The molecule has 3 rings (SSSR count). The number of carbonyl (C=O) groups is 3. The van der Waals surface area contributed by atoms with Gasteiger partial charge in [-0.2, -0.15) is 0 Å². The fourth-order valence-corrected chi connectivity index (χ4v) is 3.81. The first-order valence-electron chi connectivity index (χ1n) is 10.8. The van der Waals surface area contributed by atoms with Crippen molar-refractivity contribution in [3.8, 4) is 0 Å². The summed E-state index contributed by atoms with van der Waals surface area (Å²) in [6.45, 7) is 6.98. The average Bonchev–Trinajstić information content (AvgIpc) is 2.79. The Bertz CT molecular complexity index is 1130. The number of nitrogens with one attached hydrogen (secondary N) is 2. The van der Waals surface area contributed by atoms with Gasteiger partial charge in [-0.1, -0.05) is 11.6 Å². The summed E-state index contributed by atoms with van der Waals surface area (Å²) in [6, 6.07) is 8.68. The SMILES string of the molecule is CC(=O)N1CCN(c2ccc(C(=O)Nc3cc(C(=O)NC(C)C)ccc3Cl)cc2[N+](=O)[O-])CC1.